The quantitative estimate of drug-likeness (QED) is 0.764. The third kappa shape index (κ3) is 1.94. The number of hydrogen-bond acceptors (Lipinski definition) is 1. The van der Waals surface area contributed by atoms with E-state index in [4.69, 9.17) is 0 Å². The number of carbonyl (C=O) groups excluding carboxylic acids is 1. The van der Waals surface area contributed by atoms with Crippen LogP contribution in [0.2, 0.25) is 0 Å². The molecule has 0 radical (unpaired) electrons. The molecule has 0 aromatic carbocycles. The van der Waals surface area contributed by atoms with Gasteiger partial charge in [-0.25, -0.2) is 0 Å². The number of rotatable bonds is 2. The van der Waals surface area contributed by atoms with Gasteiger partial charge in [-0.3, -0.25) is 4.79 Å². The number of ketones is 1. The summed E-state index contributed by atoms with van der Waals surface area (Å²) in [6.07, 6.45) is 8.00. The number of hydrogen-bond donors (Lipinski definition) is 0. The number of nitrogens with zero attached hydrogens (tertiary/aromatic N) is 1. The molecule has 3 rings (SSSR count). The molecule has 1 saturated carbocycles. The van der Waals surface area contributed by atoms with Crippen LogP contribution >= 0.6 is 0 Å². The molecule has 2 aliphatic rings. The first kappa shape index (κ1) is 11.1. The van der Waals surface area contributed by atoms with Crippen LogP contribution in [0.4, 0.5) is 0 Å². The summed E-state index contributed by atoms with van der Waals surface area (Å²) in [5.74, 6) is 1.19. The molecule has 92 valence electrons. The first-order chi connectivity index (χ1) is 8.05. The van der Waals surface area contributed by atoms with Crippen LogP contribution in [0.15, 0.2) is 12.3 Å². The molecule has 1 heterocycles. The Morgan fingerprint density at radius 2 is 2.12 bits per heavy atom. The number of Topliss-reactive ketones (excluding diaryl/α,β-unsaturated/α-hetero) is 1. The van der Waals surface area contributed by atoms with Crippen LogP contribution in [-0.4, -0.2) is 10.4 Å². The van der Waals surface area contributed by atoms with E-state index in [9.17, 15) is 4.79 Å². The largest absolute Gasteiger partial charge is 0.350 e. The molecular formula is C15H21NO. The van der Waals surface area contributed by atoms with Crippen LogP contribution < -0.4 is 0 Å². The molecule has 0 atom stereocenters. The Hall–Kier alpha value is -1.05. The molecule has 0 saturated heterocycles. The van der Waals surface area contributed by atoms with Crippen LogP contribution in [0.3, 0.4) is 0 Å². The van der Waals surface area contributed by atoms with Gasteiger partial charge >= 0.3 is 0 Å². The van der Waals surface area contributed by atoms with Crippen LogP contribution in [0, 0.1) is 11.3 Å². The lowest BCUT2D eigenvalue weighted by molar-refractivity contribution is 0.0909. The average Bonchev–Trinajstić information content (AvgIpc) is 2.53. The lowest BCUT2D eigenvalue weighted by Crippen LogP contribution is -2.29. The SMILES string of the molecule is CC1(C)CC(=O)c2ccn(CC3CCC3)c2C1. The van der Waals surface area contributed by atoms with Crippen LogP contribution in [-0.2, 0) is 13.0 Å². The third-order valence-electron chi connectivity index (χ3n) is 4.34. The van der Waals surface area contributed by atoms with Crippen molar-refractivity contribution in [2.75, 3.05) is 0 Å². The van der Waals surface area contributed by atoms with E-state index < -0.39 is 0 Å². The minimum atomic E-state index is 0.139. The summed E-state index contributed by atoms with van der Waals surface area (Å²) in [5.41, 5.74) is 2.42. The number of carbonyl (C=O) groups is 1. The molecule has 0 spiro atoms. The molecule has 17 heavy (non-hydrogen) atoms. The third-order valence-corrected chi connectivity index (χ3v) is 4.34. The Kier molecular flexibility index (Phi) is 2.42. The Balaban J connectivity index is 1.89. The molecule has 2 heteroatoms. The Bertz CT molecular complexity index is 451. The Morgan fingerprint density at radius 1 is 1.35 bits per heavy atom. The minimum absolute atomic E-state index is 0.139. The van der Waals surface area contributed by atoms with Gasteiger partial charge in [-0.2, -0.15) is 0 Å². The fourth-order valence-electron chi connectivity index (χ4n) is 3.13. The van der Waals surface area contributed by atoms with Crippen LogP contribution in [0.5, 0.6) is 0 Å². The van der Waals surface area contributed by atoms with Gasteiger partial charge in [0.15, 0.2) is 5.78 Å². The zero-order valence-electron chi connectivity index (χ0n) is 10.8. The van der Waals surface area contributed by atoms with Gasteiger partial charge in [0.1, 0.15) is 0 Å². The highest BCUT2D eigenvalue weighted by Crippen LogP contribution is 2.36. The van der Waals surface area contributed by atoms with Gasteiger partial charge in [-0.05, 0) is 36.7 Å². The topological polar surface area (TPSA) is 22.0 Å². The summed E-state index contributed by atoms with van der Waals surface area (Å²) in [6, 6.07) is 2.03. The van der Waals surface area contributed by atoms with Crippen LogP contribution in [0.1, 0.15) is 55.6 Å². The predicted octanol–water partition coefficient (Wildman–Crippen LogP) is 3.44. The maximum Gasteiger partial charge on any atom is 0.165 e. The van der Waals surface area contributed by atoms with Gasteiger partial charge in [0, 0.05) is 30.4 Å². The van der Waals surface area contributed by atoms with E-state index in [0.717, 1.165) is 24.4 Å². The first-order valence-corrected chi connectivity index (χ1v) is 6.76. The Labute approximate surface area is 103 Å². The van der Waals surface area contributed by atoms with Gasteiger partial charge < -0.3 is 4.57 Å². The van der Waals surface area contributed by atoms with Crippen LogP contribution in [0.25, 0.3) is 0 Å². The first-order valence-electron chi connectivity index (χ1n) is 6.76. The highest BCUT2D eigenvalue weighted by Gasteiger charge is 2.33. The van der Waals surface area contributed by atoms with Crippen molar-refractivity contribution in [1.29, 1.82) is 0 Å². The summed E-state index contributed by atoms with van der Waals surface area (Å²) in [7, 11) is 0. The second kappa shape index (κ2) is 3.72. The maximum atomic E-state index is 12.1. The number of fused-ring (bicyclic) bond motifs is 1. The van der Waals surface area contributed by atoms with Gasteiger partial charge in [0.2, 0.25) is 0 Å². The van der Waals surface area contributed by atoms with Crippen molar-refractivity contribution in [3.63, 3.8) is 0 Å². The zero-order valence-corrected chi connectivity index (χ0v) is 10.8. The van der Waals surface area contributed by atoms with E-state index >= 15 is 0 Å². The van der Waals surface area contributed by atoms with Crippen molar-refractivity contribution in [3.05, 3.63) is 23.5 Å². The molecule has 2 nitrogen and oxygen atoms in total. The summed E-state index contributed by atoms with van der Waals surface area (Å²) in [4.78, 5) is 12.1. The van der Waals surface area contributed by atoms with Gasteiger partial charge in [0.05, 0.1) is 0 Å². The maximum absolute atomic E-state index is 12.1. The van der Waals surface area contributed by atoms with Crippen molar-refractivity contribution >= 4 is 5.78 Å². The smallest absolute Gasteiger partial charge is 0.165 e. The monoisotopic (exact) mass is 231 g/mol. The van der Waals surface area contributed by atoms with Crippen molar-refractivity contribution in [1.82, 2.24) is 4.57 Å². The molecule has 1 fully saturated rings. The van der Waals surface area contributed by atoms with E-state index in [1.54, 1.807) is 0 Å². The fraction of sp³-hybridized carbons (Fsp3) is 0.667. The highest BCUT2D eigenvalue weighted by atomic mass is 16.1. The average molecular weight is 231 g/mol. The second-order valence-corrected chi connectivity index (χ2v) is 6.57. The van der Waals surface area contributed by atoms with Crippen molar-refractivity contribution in [3.8, 4) is 0 Å². The molecule has 0 aliphatic heterocycles. The lowest BCUT2D eigenvalue weighted by atomic mass is 9.76. The molecule has 1 aromatic rings. The highest BCUT2D eigenvalue weighted by molar-refractivity contribution is 5.98. The molecule has 0 N–H and O–H groups in total. The molecular weight excluding hydrogens is 210 g/mol. The van der Waals surface area contributed by atoms with E-state index in [1.807, 2.05) is 6.07 Å². The van der Waals surface area contributed by atoms with Crippen molar-refractivity contribution in [2.45, 2.75) is 52.5 Å². The molecule has 2 aliphatic carbocycles. The van der Waals surface area contributed by atoms with E-state index in [2.05, 4.69) is 24.6 Å². The summed E-state index contributed by atoms with van der Waals surface area (Å²) >= 11 is 0. The van der Waals surface area contributed by atoms with Gasteiger partial charge in [-0.1, -0.05) is 20.3 Å². The predicted molar refractivity (Wildman–Crippen MR) is 68.2 cm³/mol. The molecule has 0 unspecified atom stereocenters. The summed E-state index contributed by atoms with van der Waals surface area (Å²) in [6.45, 7) is 5.53. The van der Waals surface area contributed by atoms with Gasteiger partial charge in [0.25, 0.3) is 0 Å². The van der Waals surface area contributed by atoms with Crippen molar-refractivity contribution < 1.29 is 4.79 Å². The van der Waals surface area contributed by atoms with Crippen molar-refractivity contribution in [2.24, 2.45) is 11.3 Å². The minimum Gasteiger partial charge on any atom is -0.350 e. The second-order valence-electron chi connectivity index (χ2n) is 6.57. The van der Waals surface area contributed by atoms with E-state index in [-0.39, 0.29) is 5.41 Å². The lowest BCUT2D eigenvalue weighted by Gasteiger charge is -2.32. The molecule has 0 amide bonds. The van der Waals surface area contributed by atoms with E-state index in [1.165, 1.54) is 25.0 Å². The fourth-order valence-corrected chi connectivity index (χ4v) is 3.13. The zero-order chi connectivity index (χ0) is 12.0. The standard InChI is InChI=1S/C15H21NO/c1-15(2)8-13-12(14(17)9-15)6-7-16(13)10-11-4-3-5-11/h6-7,11H,3-5,8-10H2,1-2H3. The molecule has 1 aromatic heterocycles. The van der Waals surface area contributed by atoms with E-state index in [0.29, 0.717) is 12.2 Å². The Morgan fingerprint density at radius 3 is 2.76 bits per heavy atom. The molecule has 0 bridgehead atoms. The normalized spacial score (nSPS) is 23.3. The van der Waals surface area contributed by atoms with Gasteiger partial charge in [-0.15, -0.1) is 0 Å². The summed E-state index contributed by atoms with van der Waals surface area (Å²) < 4.78 is 2.35. The number of aromatic nitrogens is 1. The summed E-state index contributed by atoms with van der Waals surface area (Å²) in [5, 5.41) is 0.